The SMILES string of the molecule is COc1cccc2c(=O)c(CN(C)Cc3ccccc3)c(C)[nH]c12. The average molecular weight is 322 g/mol. The largest absolute Gasteiger partial charge is 0.495 e. The van der Waals surface area contributed by atoms with Gasteiger partial charge in [-0.15, -0.1) is 0 Å². The van der Waals surface area contributed by atoms with E-state index in [0.717, 1.165) is 23.3 Å². The zero-order chi connectivity index (χ0) is 17.1. The smallest absolute Gasteiger partial charge is 0.194 e. The van der Waals surface area contributed by atoms with Crippen molar-refractivity contribution in [3.8, 4) is 5.75 Å². The topological polar surface area (TPSA) is 45.3 Å². The Morgan fingerprint density at radius 3 is 2.50 bits per heavy atom. The number of pyridine rings is 1. The number of rotatable bonds is 5. The molecule has 3 aromatic rings. The van der Waals surface area contributed by atoms with Crippen LogP contribution in [0, 0.1) is 6.92 Å². The fourth-order valence-electron chi connectivity index (χ4n) is 3.03. The van der Waals surface area contributed by atoms with Crippen LogP contribution in [0.3, 0.4) is 0 Å². The minimum atomic E-state index is 0.0695. The Bertz CT molecular complexity index is 901. The van der Waals surface area contributed by atoms with Gasteiger partial charge in [-0.05, 0) is 31.7 Å². The normalized spacial score (nSPS) is 11.2. The fourth-order valence-corrected chi connectivity index (χ4v) is 3.03. The molecule has 0 saturated heterocycles. The van der Waals surface area contributed by atoms with Crippen LogP contribution < -0.4 is 10.2 Å². The van der Waals surface area contributed by atoms with Crippen LogP contribution in [0.25, 0.3) is 10.9 Å². The summed E-state index contributed by atoms with van der Waals surface area (Å²) in [5.74, 6) is 0.692. The molecule has 0 spiro atoms. The monoisotopic (exact) mass is 322 g/mol. The maximum absolute atomic E-state index is 12.9. The zero-order valence-corrected chi connectivity index (χ0v) is 14.3. The maximum atomic E-state index is 12.9. The summed E-state index contributed by atoms with van der Waals surface area (Å²) >= 11 is 0. The number of nitrogens with zero attached hydrogens (tertiary/aromatic N) is 1. The Labute approximate surface area is 141 Å². The number of aryl methyl sites for hydroxylation is 1. The third-order valence-corrected chi connectivity index (χ3v) is 4.25. The van der Waals surface area contributed by atoms with Gasteiger partial charge in [0.2, 0.25) is 0 Å². The van der Waals surface area contributed by atoms with Crippen molar-refractivity contribution in [2.75, 3.05) is 14.2 Å². The van der Waals surface area contributed by atoms with E-state index in [1.165, 1.54) is 5.56 Å². The molecule has 0 aliphatic carbocycles. The standard InChI is InChI=1S/C20H22N2O2/c1-14-17(13-22(2)12-15-8-5-4-6-9-15)20(23)16-10-7-11-18(24-3)19(16)21-14/h4-11H,12-13H2,1-3H3,(H,21,23). The van der Waals surface area contributed by atoms with Crippen molar-refractivity contribution in [3.63, 3.8) is 0 Å². The first-order chi connectivity index (χ1) is 11.6. The molecule has 24 heavy (non-hydrogen) atoms. The number of aromatic amines is 1. The molecular weight excluding hydrogens is 300 g/mol. The Balaban J connectivity index is 1.94. The molecule has 4 nitrogen and oxygen atoms in total. The number of fused-ring (bicyclic) bond motifs is 1. The highest BCUT2D eigenvalue weighted by molar-refractivity contribution is 5.85. The van der Waals surface area contributed by atoms with Gasteiger partial charge < -0.3 is 9.72 Å². The molecular formula is C20H22N2O2. The number of benzene rings is 2. The predicted octanol–water partition coefficient (Wildman–Crippen LogP) is 3.48. The predicted molar refractivity (Wildman–Crippen MR) is 97.5 cm³/mol. The molecule has 0 aliphatic rings. The molecule has 124 valence electrons. The molecule has 4 heteroatoms. The number of nitrogens with one attached hydrogen (secondary N) is 1. The second kappa shape index (κ2) is 6.89. The second-order valence-corrected chi connectivity index (χ2v) is 6.10. The minimum absolute atomic E-state index is 0.0695. The molecule has 1 aromatic heterocycles. The number of hydrogen-bond acceptors (Lipinski definition) is 3. The van der Waals surface area contributed by atoms with Crippen molar-refractivity contribution in [2.45, 2.75) is 20.0 Å². The van der Waals surface area contributed by atoms with E-state index < -0.39 is 0 Å². The van der Waals surface area contributed by atoms with Gasteiger partial charge in [0.1, 0.15) is 5.75 Å². The van der Waals surface area contributed by atoms with Gasteiger partial charge in [0, 0.05) is 29.7 Å². The van der Waals surface area contributed by atoms with Gasteiger partial charge in [-0.2, -0.15) is 0 Å². The maximum Gasteiger partial charge on any atom is 0.194 e. The molecule has 0 unspecified atom stereocenters. The van der Waals surface area contributed by atoms with E-state index in [0.29, 0.717) is 17.7 Å². The van der Waals surface area contributed by atoms with Crippen LogP contribution in [0.5, 0.6) is 5.75 Å². The first-order valence-corrected chi connectivity index (χ1v) is 8.01. The van der Waals surface area contributed by atoms with Crippen LogP contribution in [0.2, 0.25) is 0 Å². The molecule has 3 rings (SSSR count). The van der Waals surface area contributed by atoms with Gasteiger partial charge in [-0.1, -0.05) is 36.4 Å². The average Bonchev–Trinajstić information content (AvgIpc) is 2.59. The third kappa shape index (κ3) is 3.19. The summed E-state index contributed by atoms with van der Waals surface area (Å²) in [6, 6.07) is 15.8. The summed E-state index contributed by atoms with van der Waals surface area (Å²) < 4.78 is 5.36. The van der Waals surface area contributed by atoms with E-state index in [1.807, 2.05) is 50.4 Å². The summed E-state index contributed by atoms with van der Waals surface area (Å²) in [6.45, 7) is 3.35. The summed E-state index contributed by atoms with van der Waals surface area (Å²) in [5.41, 5.74) is 3.75. The summed E-state index contributed by atoms with van der Waals surface area (Å²) in [5, 5.41) is 0.670. The van der Waals surface area contributed by atoms with E-state index in [4.69, 9.17) is 4.74 Å². The molecule has 1 N–H and O–H groups in total. The Hall–Kier alpha value is -2.59. The number of ether oxygens (including phenoxy) is 1. The number of para-hydroxylation sites is 1. The summed E-state index contributed by atoms with van der Waals surface area (Å²) in [4.78, 5) is 18.4. The van der Waals surface area contributed by atoms with Crippen molar-refractivity contribution in [1.82, 2.24) is 9.88 Å². The van der Waals surface area contributed by atoms with E-state index in [2.05, 4.69) is 22.0 Å². The number of aromatic nitrogens is 1. The van der Waals surface area contributed by atoms with Crippen molar-refractivity contribution in [2.24, 2.45) is 0 Å². The highest BCUT2D eigenvalue weighted by atomic mass is 16.5. The van der Waals surface area contributed by atoms with E-state index in [1.54, 1.807) is 7.11 Å². The van der Waals surface area contributed by atoms with Crippen LogP contribution in [0.15, 0.2) is 53.3 Å². The van der Waals surface area contributed by atoms with Crippen LogP contribution in [0.1, 0.15) is 16.8 Å². The van der Waals surface area contributed by atoms with Crippen molar-refractivity contribution in [1.29, 1.82) is 0 Å². The van der Waals surface area contributed by atoms with E-state index in [9.17, 15) is 4.79 Å². The molecule has 0 aliphatic heterocycles. The van der Waals surface area contributed by atoms with Gasteiger partial charge in [-0.25, -0.2) is 0 Å². The first kappa shape index (κ1) is 16.3. The van der Waals surface area contributed by atoms with Gasteiger partial charge >= 0.3 is 0 Å². The lowest BCUT2D eigenvalue weighted by molar-refractivity contribution is 0.317. The quantitative estimate of drug-likeness (QED) is 0.782. The molecule has 1 heterocycles. The highest BCUT2D eigenvalue weighted by Gasteiger charge is 2.13. The molecule has 0 radical (unpaired) electrons. The number of hydrogen-bond donors (Lipinski definition) is 1. The summed E-state index contributed by atoms with van der Waals surface area (Å²) in [7, 11) is 3.64. The van der Waals surface area contributed by atoms with Crippen LogP contribution >= 0.6 is 0 Å². The summed E-state index contributed by atoms with van der Waals surface area (Å²) in [6.07, 6.45) is 0. The Morgan fingerprint density at radius 2 is 1.79 bits per heavy atom. The van der Waals surface area contributed by atoms with Gasteiger partial charge in [0.25, 0.3) is 0 Å². The van der Waals surface area contributed by atoms with E-state index >= 15 is 0 Å². The van der Waals surface area contributed by atoms with E-state index in [-0.39, 0.29) is 5.43 Å². The lowest BCUT2D eigenvalue weighted by Crippen LogP contribution is -2.24. The zero-order valence-electron chi connectivity index (χ0n) is 14.3. The van der Waals surface area contributed by atoms with Crippen molar-refractivity contribution < 1.29 is 4.74 Å². The highest BCUT2D eigenvalue weighted by Crippen LogP contribution is 2.22. The Kier molecular flexibility index (Phi) is 4.67. The lowest BCUT2D eigenvalue weighted by atomic mass is 10.1. The lowest BCUT2D eigenvalue weighted by Gasteiger charge is -2.18. The number of H-pyrrole nitrogens is 1. The van der Waals surface area contributed by atoms with Crippen LogP contribution in [0.4, 0.5) is 0 Å². The third-order valence-electron chi connectivity index (χ3n) is 4.25. The molecule has 2 aromatic carbocycles. The molecule has 0 bridgehead atoms. The van der Waals surface area contributed by atoms with Crippen molar-refractivity contribution in [3.05, 3.63) is 75.6 Å². The van der Waals surface area contributed by atoms with Crippen LogP contribution in [-0.2, 0) is 13.1 Å². The minimum Gasteiger partial charge on any atom is -0.495 e. The number of methoxy groups -OCH3 is 1. The fraction of sp³-hybridized carbons (Fsp3) is 0.250. The Morgan fingerprint density at radius 1 is 1.04 bits per heavy atom. The van der Waals surface area contributed by atoms with Gasteiger partial charge in [0.05, 0.1) is 12.6 Å². The molecule has 0 fully saturated rings. The van der Waals surface area contributed by atoms with Crippen LogP contribution in [-0.4, -0.2) is 24.0 Å². The molecule has 0 amide bonds. The van der Waals surface area contributed by atoms with Gasteiger partial charge in [-0.3, -0.25) is 9.69 Å². The molecule has 0 atom stereocenters. The van der Waals surface area contributed by atoms with Crippen molar-refractivity contribution >= 4 is 10.9 Å². The second-order valence-electron chi connectivity index (χ2n) is 6.10. The first-order valence-electron chi connectivity index (χ1n) is 8.01. The van der Waals surface area contributed by atoms with Gasteiger partial charge in [0.15, 0.2) is 5.43 Å². The molecule has 0 saturated carbocycles.